The fourth-order valence-electron chi connectivity index (χ4n) is 2.82. The van der Waals surface area contributed by atoms with Crippen LogP contribution in [0.3, 0.4) is 0 Å². The molecule has 0 aliphatic carbocycles. The molecule has 1 unspecified atom stereocenters. The van der Waals surface area contributed by atoms with E-state index in [1.54, 1.807) is 49.6 Å². The number of hydrogen-bond donors (Lipinski definition) is 2. The van der Waals surface area contributed by atoms with Gasteiger partial charge in [-0.25, -0.2) is 9.59 Å². The number of esters is 1. The van der Waals surface area contributed by atoms with E-state index in [-0.39, 0.29) is 5.57 Å². The van der Waals surface area contributed by atoms with Gasteiger partial charge in [0.15, 0.2) is 0 Å². The Balaban J connectivity index is 2.17. The number of ether oxygens (including phenoxy) is 2. The number of nitrogens with one attached hydrogen (secondary N) is 2. The van der Waals surface area contributed by atoms with Gasteiger partial charge in [0.05, 0.1) is 41.6 Å². The highest BCUT2D eigenvalue weighted by molar-refractivity contribution is 6.42. The van der Waals surface area contributed by atoms with Gasteiger partial charge in [-0.05, 0) is 47.5 Å². The number of carbonyl (C=O) groups excluding carboxylic acids is 2. The Hall–Kier alpha value is -2.70. The summed E-state index contributed by atoms with van der Waals surface area (Å²) in [5.41, 5.74) is 1.84. The minimum atomic E-state index is -0.752. The van der Waals surface area contributed by atoms with Crippen LogP contribution in [-0.4, -0.2) is 26.2 Å². The number of amides is 2. The first-order valence-electron chi connectivity index (χ1n) is 7.94. The molecule has 8 heteroatoms. The molecule has 1 aliphatic rings. The van der Waals surface area contributed by atoms with Crippen LogP contribution in [0.15, 0.2) is 48.0 Å². The monoisotopic (exact) mass is 406 g/mol. The van der Waals surface area contributed by atoms with Crippen molar-refractivity contribution in [2.45, 2.75) is 6.04 Å². The van der Waals surface area contributed by atoms with Gasteiger partial charge >= 0.3 is 12.0 Å². The summed E-state index contributed by atoms with van der Waals surface area (Å²) in [4.78, 5) is 24.8. The van der Waals surface area contributed by atoms with Crippen LogP contribution in [0.2, 0.25) is 10.0 Å². The lowest BCUT2D eigenvalue weighted by Gasteiger charge is -2.29. The first-order valence-corrected chi connectivity index (χ1v) is 8.69. The van der Waals surface area contributed by atoms with E-state index in [9.17, 15) is 9.59 Å². The highest BCUT2D eigenvalue weighted by Gasteiger charge is 2.34. The molecule has 1 aliphatic heterocycles. The maximum atomic E-state index is 12.6. The molecule has 140 valence electrons. The van der Waals surface area contributed by atoms with Crippen LogP contribution in [0.25, 0.3) is 5.70 Å². The molecule has 1 heterocycles. The Morgan fingerprint density at radius 2 is 1.74 bits per heavy atom. The van der Waals surface area contributed by atoms with Gasteiger partial charge in [-0.1, -0.05) is 29.3 Å². The molecule has 2 aromatic rings. The summed E-state index contributed by atoms with van der Waals surface area (Å²) in [5.74, 6) is 0.0738. The molecule has 2 N–H and O–H groups in total. The Morgan fingerprint density at radius 3 is 2.33 bits per heavy atom. The van der Waals surface area contributed by atoms with Crippen LogP contribution < -0.4 is 15.4 Å². The number of urea groups is 1. The zero-order chi connectivity index (χ0) is 19.6. The molecule has 27 heavy (non-hydrogen) atoms. The van der Waals surface area contributed by atoms with Crippen LogP contribution in [0.1, 0.15) is 17.2 Å². The van der Waals surface area contributed by atoms with E-state index in [4.69, 9.17) is 32.7 Å². The topological polar surface area (TPSA) is 76.7 Å². The first kappa shape index (κ1) is 19.1. The standard InChI is InChI=1S/C19H16Cl2N2O4/c1-26-12-6-3-10(4-7-12)16-15(18(24)27-2)17(23-19(25)22-16)11-5-8-13(20)14(21)9-11/h3-9,17H,1-2H3,(H2,22,23,25). The van der Waals surface area contributed by atoms with Gasteiger partial charge < -0.3 is 20.1 Å². The molecule has 0 fully saturated rings. The number of benzene rings is 2. The van der Waals surface area contributed by atoms with Crippen molar-refractivity contribution in [2.24, 2.45) is 0 Å². The van der Waals surface area contributed by atoms with E-state index in [0.717, 1.165) is 0 Å². The van der Waals surface area contributed by atoms with Crippen LogP contribution >= 0.6 is 23.2 Å². The summed E-state index contributed by atoms with van der Waals surface area (Å²) in [6.45, 7) is 0. The highest BCUT2D eigenvalue weighted by atomic mass is 35.5. The lowest BCUT2D eigenvalue weighted by atomic mass is 9.92. The van der Waals surface area contributed by atoms with Gasteiger partial charge in [-0.15, -0.1) is 0 Å². The summed E-state index contributed by atoms with van der Waals surface area (Å²) in [7, 11) is 2.84. The Morgan fingerprint density at radius 1 is 1.04 bits per heavy atom. The molecule has 0 spiro atoms. The number of carbonyl (C=O) groups is 2. The normalized spacial score (nSPS) is 16.4. The van der Waals surface area contributed by atoms with Crippen molar-refractivity contribution >= 4 is 40.9 Å². The molecule has 1 atom stereocenters. The van der Waals surface area contributed by atoms with Crippen molar-refractivity contribution in [1.29, 1.82) is 0 Å². The minimum Gasteiger partial charge on any atom is -0.497 e. The van der Waals surface area contributed by atoms with Crippen molar-refractivity contribution in [3.63, 3.8) is 0 Å². The summed E-state index contributed by atoms with van der Waals surface area (Å²) in [6, 6.07) is 10.7. The Kier molecular flexibility index (Phi) is 5.58. The quantitative estimate of drug-likeness (QED) is 0.753. The predicted octanol–water partition coefficient (Wildman–Crippen LogP) is 3.94. The molecule has 6 nitrogen and oxygen atoms in total. The molecular weight excluding hydrogens is 391 g/mol. The van der Waals surface area contributed by atoms with Gasteiger partial charge in [0.25, 0.3) is 0 Å². The Labute approximate surface area is 166 Å². The molecule has 0 aromatic heterocycles. The molecular formula is C19H16Cl2N2O4. The third-order valence-corrected chi connectivity index (χ3v) is 4.87. The van der Waals surface area contributed by atoms with Crippen LogP contribution in [0.5, 0.6) is 5.75 Å². The Bertz CT molecular complexity index is 926. The molecule has 2 amide bonds. The van der Waals surface area contributed by atoms with Crippen molar-refractivity contribution in [2.75, 3.05) is 14.2 Å². The molecule has 0 bridgehead atoms. The predicted molar refractivity (Wildman–Crippen MR) is 103 cm³/mol. The molecule has 3 rings (SSSR count). The second-order valence-electron chi connectivity index (χ2n) is 5.71. The molecule has 0 saturated carbocycles. The molecule has 0 radical (unpaired) electrons. The average Bonchev–Trinajstić information content (AvgIpc) is 2.69. The third kappa shape index (κ3) is 3.86. The fraction of sp³-hybridized carbons (Fsp3) is 0.158. The average molecular weight is 407 g/mol. The molecule has 0 saturated heterocycles. The minimum absolute atomic E-state index is 0.251. The van der Waals surface area contributed by atoms with E-state index >= 15 is 0 Å². The first-order chi connectivity index (χ1) is 12.9. The number of methoxy groups -OCH3 is 2. The van der Waals surface area contributed by atoms with E-state index in [2.05, 4.69) is 10.6 Å². The van der Waals surface area contributed by atoms with Crippen molar-refractivity contribution < 1.29 is 19.1 Å². The number of hydrogen-bond acceptors (Lipinski definition) is 4. The zero-order valence-corrected chi connectivity index (χ0v) is 16.0. The van der Waals surface area contributed by atoms with Gasteiger partial charge in [0, 0.05) is 0 Å². The lowest BCUT2D eigenvalue weighted by molar-refractivity contribution is -0.136. The maximum absolute atomic E-state index is 12.6. The molecule has 2 aromatic carbocycles. The summed E-state index contributed by atoms with van der Waals surface area (Å²) < 4.78 is 10.1. The van der Waals surface area contributed by atoms with Gasteiger partial charge in [-0.2, -0.15) is 0 Å². The van der Waals surface area contributed by atoms with Crippen molar-refractivity contribution in [3.05, 3.63) is 69.2 Å². The second-order valence-corrected chi connectivity index (χ2v) is 6.53. The van der Waals surface area contributed by atoms with Gasteiger partial charge in [-0.3, -0.25) is 0 Å². The zero-order valence-electron chi connectivity index (χ0n) is 14.5. The highest BCUT2D eigenvalue weighted by Crippen LogP contribution is 2.34. The van der Waals surface area contributed by atoms with Crippen molar-refractivity contribution in [3.8, 4) is 5.75 Å². The lowest BCUT2D eigenvalue weighted by Crippen LogP contribution is -2.45. The van der Waals surface area contributed by atoms with E-state index < -0.39 is 18.0 Å². The third-order valence-electron chi connectivity index (χ3n) is 4.13. The SMILES string of the molecule is COC(=O)C1=C(c2ccc(OC)cc2)NC(=O)NC1c1ccc(Cl)c(Cl)c1. The smallest absolute Gasteiger partial charge is 0.338 e. The van der Waals surface area contributed by atoms with Crippen molar-refractivity contribution in [1.82, 2.24) is 10.6 Å². The number of rotatable bonds is 4. The summed E-state index contributed by atoms with van der Waals surface area (Å²) >= 11 is 12.1. The summed E-state index contributed by atoms with van der Waals surface area (Å²) in [6.07, 6.45) is 0. The van der Waals surface area contributed by atoms with Gasteiger partial charge in [0.2, 0.25) is 0 Å². The number of halogens is 2. The summed E-state index contributed by atoms with van der Waals surface area (Å²) in [5, 5.41) is 6.11. The second kappa shape index (κ2) is 7.90. The van der Waals surface area contributed by atoms with Gasteiger partial charge in [0.1, 0.15) is 5.75 Å². The largest absolute Gasteiger partial charge is 0.497 e. The van der Waals surface area contributed by atoms with E-state index in [1.807, 2.05) is 0 Å². The fourth-order valence-corrected chi connectivity index (χ4v) is 3.13. The van der Waals surface area contributed by atoms with Crippen LogP contribution in [0.4, 0.5) is 4.79 Å². The van der Waals surface area contributed by atoms with Crippen LogP contribution in [-0.2, 0) is 9.53 Å². The maximum Gasteiger partial charge on any atom is 0.338 e. The van der Waals surface area contributed by atoms with E-state index in [1.165, 1.54) is 7.11 Å². The van der Waals surface area contributed by atoms with Crippen LogP contribution in [0, 0.1) is 0 Å². The van der Waals surface area contributed by atoms with E-state index in [0.29, 0.717) is 32.6 Å².